The SMILES string of the molecule is O=C(c1cc(=O)c2ccccc2o1)N1CCN(S(=O)(=O)c2ccc(F)cc2)CC1. The standard InChI is InChI=1S/C20H17FN2O5S/c21-14-5-7-15(8-6-14)29(26,27)23-11-9-22(10-12-23)20(25)19-13-17(24)16-3-1-2-4-18(16)28-19/h1-8,13H,9-12H2. The van der Waals surface area contributed by atoms with E-state index in [2.05, 4.69) is 0 Å². The summed E-state index contributed by atoms with van der Waals surface area (Å²) in [5, 5.41) is 0.388. The van der Waals surface area contributed by atoms with Crippen LogP contribution >= 0.6 is 0 Å². The summed E-state index contributed by atoms with van der Waals surface area (Å²) in [7, 11) is -3.77. The maximum Gasteiger partial charge on any atom is 0.289 e. The van der Waals surface area contributed by atoms with Gasteiger partial charge in [-0.25, -0.2) is 12.8 Å². The van der Waals surface area contributed by atoms with Crippen LogP contribution < -0.4 is 5.43 Å². The largest absolute Gasteiger partial charge is 0.451 e. The number of rotatable bonds is 3. The quantitative estimate of drug-likeness (QED) is 0.652. The highest BCUT2D eigenvalue weighted by molar-refractivity contribution is 7.89. The van der Waals surface area contributed by atoms with Crippen molar-refractivity contribution >= 4 is 26.9 Å². The molecular formula is C20H17FN2O5S. The summed E-state index contributed by atoms with van der Waals surface area (Å²) >= 11 is 0. The van der Waals surface area contributed by atoms with Gasteiger partial charge in [-0.1, -0.05) is 12.1 Å². The van der Waals surface area contributed by atoms with Crippen molar-refractivity contribution in [1.82, 2.24) is 9.21 Å². The molecule has 1 saturated heterocycles. The maximum absolute atomic E-state index is 13.1. The molecule has 0 unspecified atom stereocenters. The number of benzene rings is 2. The monoisotopic (exact) mass is 416 g/mol. The third-order valence-electron chi connectivity index (χ3n) is 4.82. The lowest BCUT2D eigenvalue weighted by molar-refractivity contribution is 0.0666. The van der Waals surface area contributed by atoms with Gasteiger partial charge in [0.05, 0.1) is 10.3 Å². The van der Waals surface area contributed by atoms with Gasteiger partial charge < -0.3 is 9.32 Å². The molecule has 0 spiro atoms. The minimum atomic E-state index is -3.77. The summed E-state index contributed by atoms with van der Waals surface area (Å²) in [5.74, 6) is -1.06. The van der Waals surface area contributed by atoms with E-state index in [4.69, 9.17) is 4.42 Å². The van der Waals surface area contributed by atoms with E-state index in [-0.39, 0.29) is 42.3 Å². The van der Waals surface area contributed by atoms with Crippen LogP contribution in [-0.2, 0) is 10.0 Å². The number of carbonyl (C=O) groups is 1. The Morgan fingerprint density at radius 1 is 0.966 bits per heavy atom. The zero-order valence-electron chi connectivity index (χ0n) is 15.2. The Balaban J connectivity index is 1.50. The highest BCUT2D eigenvalue weighted by Crippen LogP contribution is 2.19. The van der Waals surface area contributed by atoms with Gasteiger partial charge in [0.25, 0.3) is 5.91 Å². The fraction of sp³-hybridized carbons (Fsp3) is 0.200. The first-order chi connectivity index (χ1) is 13.9. The Bertz CT molecular complexity index is 1230. The molecule has 150 valence electrons. The zero-order chi connectivity index (χ0) is 20.6. The van der Waals surface area contributed by atoms with Gasteiger partial charge in [0.15, 0.2) is 11.2 Å². The first kappa shape index (κ1) is 19.3. The van der Waals surface area contributed by atoms with Crippen molar-refractivity contribution in [2.45, 2.75) is 4.90 Å². The highest BCUT2D eigenvalue weighted by atomic mass is 32.2. The number of amides is 1. The van der Waals surface area contributed by atoms with Crippen molar-refractivity contribution < 1.29 is 22.0 Å². The van der Waals surface area contributed by atoms with Gasteiger partial charge in [0, 0.05) is 32.2 Å². The number of halogens is 1. The smallest absolute Gasteiger partial charge is 0.289 e. The molecule has 9 heteroatoms. The van der Waals surface area contributed by atoms with E-state index in [0.717, 1.165) is 18.2 Å². The van der Waals surface area contributed by atoms with E-state index in [0.29, 0.717) is 11.0 Å². The molecule has 0 saturated carbocycles. The average molecular weight is 416 g/mol. The van der Waals surface area contributed by atoms with Gasteiger partial charge in [-0.3, -0.25) is 9.59 Å². The van der Waals surface area contributed by atoms with Crippen molar-refractivity contribution in [3.8, 4) is 0 Å². The highest BCUT2D eigenvalue weighted by Gasteiger charge is 2.31. The molecule has 0 bridgehead atoms. The topological polar surface area (TPSA) is 87.9 Å². The predicted molar refractivity (Wildman–Crippen MR) is 104 cm³/mol. The van der Waals surface area contributed by atoms with Gasteiger partial charge in [-0.05, 0) is 36.4 Å². The third-order valence-corrected chi connectivity index (χ3v) is 6.74. The molecule has 3 aromatic rings. The molecule has 2 aromatic carbocycles. The van der Waals surface area contributed by atoms with E-state index in [1.807, 2.05) is 0 Å². The Labute approximate surface area is 166 Å². The van der Waals surface area contributed by atoms with Gasteiger partial charge in [-0.15, -0.1) is 0 Å². The minimum absolute atomic E-state index is 0.000738. The van der Waals surface area contributed by atoms with E-state index >= 15 is 0 Å². The molecule has 1 aromatic heterocycles. The Morgan fingerprint density at radius 2 is 1.62 bits per heavy atom. The molecule has 0 atom stereocenters. The zero-order valence-corrected chi connectivity index (χ0v) is 16.1. The Hall–Kier alpha value is -3.04. The van der Waals surface area contributed by atoms with Crippen LogP contribution in [0.2, 0.25) is 0 Å². The number of hydrogen-bond acceptors (Lipinski definition) is 5. The van der Waals surface area contributed by atoms with Crippen LogP contribution in [0.15, 0.2) is 68.7 Å². The summed E-state index contributed by atoms with van der Waals surface area (Å²) in [5.41, 5.74) is 0.00796. The lowest BCUT2D eigenvalue weighted by Crippen LogP contribution is -2.50. The molecule has 4 rings (SSSR count). The molecular weight excluding hydrogens is 399 g/mol. The number of piperazine rings is 1. The fourth-order valence-corrected chi connectivity index (χ4v) is 4.67. The second-order valence-corrected chi connectivity index (χ2v) is 8.56. The van der Waals surface area contributed by atoms with Gasteiger partial charge in [0.1, 0.15) is 11.4 Å². The van der Waals surface area contributed by atoms with Crippen LogP contribution in [0, 0.1) is 5.82 Å². The summed E-state index contributed by atoms with van der Waals surface area (Å²) < 4.78 is 45.2. The molecule has 7 nitrogen and oxygen atoms in total. The van der Waals surface area contributed by atoms with Crippen LogP contribution in [0.1, 0.15) is 10.6 Å². The van der Waals surface area contributed by atoms with E-state index in [1.54, 1.807) is 24.3 Å². The van der Waals surface area contributed by atoms with E-state index < -0.39 is 21.7 Å². The molecule has 1 fully saturated rings. The van der Waals surface area contributed by atoms with Crippen LogP contribution in [0.3, 0.4) is 0 Å². The van der Waals surface area contributed by atoms with Crippen LogP contribution in [0.4, 0.5) is 4.39 Å². The normalized spacial score (nSPS) is 15.6. The number of sulfonamides is 1. The average Bonchev–Trinajstić information content (AvgIpc) is 2.73. The minimum Gasteiger partial charge on any atom is -0.451 e. The molecule has 1 aliphatic rings. The predicted octanol–water partition coefficient (Wildman–Crippen LogP) is 2.08. The second-order valence-electron chi connectivity index (χ2n) is 6.62. The summed E-state index contributed by atoms with van der Waals surface area (Å²) in [6, 6.07) is 12.4. The summed E-state index contributed by atoms with van der Waals surface area (Å²) in [4.78, 5) is 26.4. The van der Waals surface area contributed by atoms with Crippen molar-refractivity contribution in [2.24, 2.45) is 0 Å². The first-order valence-electron chi connectivity index (χ1n) is 8.94. The van der Waals surface area contributed by atoms with Crippen molar-refractivity contribution in [2.75, 3.05) is 26.2 Å². The van der Waals surface area contributed by atoms with E-state index in [1.165, 1.54) is 21.3 Å². The molecule has 1 amide bonds. The van der Waals surface area contributed by atoms with Crippen LogP contribution in [0.25, 0.3) is 11.0 Å². The number of hydrogen-bond donors (Lipinski definition) is 0. The van der Waals surface area contributed by atoms with Crippen molar-refractivity contribution in [3.05, 3.63) is 76.4 Å². The molecule has 0 radical (unpaired) electrons. The Kier molecular flexibility index (Phi) is 4.93. The Morgan fingerprint density at radius 3 is 2.31 bits per heavy atom. The second kappa shape index (κ2) is 7.41. The van der Waals surface area contributed by atoms with Crippen molar-refractivity contribution in [3.63, 3.8) is 0 Å². The maximum atomic E-state index is 13.1. The molecule has 2 heterocycles. The summed E-state index contributed by atoms with van der Waals surface area (Å²) in [6.45, 7) is 0.470. The molecule has 1 aliphatic heterocycles. The first-order valence-corrected chi connectivity index (χ1v) is 10.4. The molecule has 0 N–H and O–H groups in total. The van der Waals surface area contributed by atoms with Gasteiger partial charge >= 0.3 is 0 Å². The number of para-hydroxylation sites is 1. The molecule has 0 aliphatic carbocycles. The third kappa shape index (κ3) is 3.66. The van der Waals surface area contributed by atoms with E-state index in [9.17, 15) is 22.4 Å². The fourth-order valence-electron chi connectivity index (χ4n) is 3.25. The number of carbonyl (C=O) groups excluding carboxylic acids is 1. The van der Waals surface area contributed by atoms with Gasteiger partial charge in [0.2, 0.25) is 10.0 Å². The number of fused-ring (bicyclic) bond motifs is 1. The molecule has 29 heavy (non-hydrogen) atoms. The van der Waals surface area contributed by atoms with Crippen LogP contribution in [-0.4, -0.2) is 49.7 Å². The summed E-state index contributed by atoms with van der Waals surface area (Å²) in [6.07, 6.45) is 0. The number of nitrogens with zero attached hydrogens (tertiary/aromatic N) is 2. The van der Waals surface area contributed by atoms with Crippen molar-refractivity contribution in [1.29, 1.82) is 0 Å². The van der Waals surface area contributed by atoms with Crippen LogP contribution in [0.5, 0.6) is 0 Å². The lowest BCUT2D eigenvalue weighted by atomic mass is 10.2. The lowest BCUT2D eigenvalue weighted by Gasteiger charge is -2.33. The van der Waals surface area contributed by atoms with Gasteiger partial charge in [-0.2, -0.15) is 4.31 Å².